The molecule has 0 radical (unpaired) electrons. The normalized spacial score (nSPS) is 11.6. The standard InChI is InChI=1S/C36H40N2O8/c1-35(2,3)45-33(41)43-29-13-9-7-11-27(29)19-21-31(39)37-23-25-15-17-26(18-16-25)24-38-32(40)22-20-28-12-8-10-14-30(28)44-34(42)46-36(4,5)6/h7-22H,23-24H2,1-6H3,(H,37,39)(H,38,40)/b21-19+,22-20+. The highest BCUT2D eigenvalue weighted by molar-refractivity contribution is 5.92. The molecule has 0 saturated heterocycles. The van der Waals surface area contributed by atoms with Crippen molar-refractivity contribution >= 4 is 36.3 Å². The average Bonchev–Trinajstić information content (AvgIpc) is 2.96. The number of carbonyl (C=O) groups excluding carboxylic acids is 4. The van der Waals surface area contributed by atoms with Gasteiger partial charge in [-0.3, -0.25) is 9.59 Å². The van der Waals surface area contributed by atoms with Crippen LogP contribution >= 0.6 is 0 Å². The lowest BCUT2D eigenvalue weighted by Gasteiger charge is -2.19. The van der Waals surface area contributed by atoms with E-state index in [-0.39, 0.29) is 23.3 Å². The van der Waals surface area contributed by atoms with Crippen LogP contribution in [0, 0.1) is 0 Å². The summed E-state index contributed by atoms with van der Waals surface area (Å²) in [5.74, 6) is -0.103. The molecule has 46 heavy (non-hydrogen) atoms. The lowest BCUT2D eigenvalue weighted by atomic mass is 10.1. The zero-order valence-corrected chi connectivity index (χ0v) is 26.9. The first-order valence-electron chi connectivity index (χ1n) is 14.7. The zero-order valence-electron chi connectivity index (χ0n) is 26.9. The molecule has 0 aliphatic carbocycles. The van der Waals surface area contributed by atoms with Crippen molar-refractivity contribution in [3.8, 4) is 11.5 Å². The van der Waals surface area contributed by atoms with Gasteiger partial charge in [0, 0.05) is 36.4 Å². The molecule has 0 spiro atoms. The number of nitrogens with one attached hydrogen (secondary N) is 2. The van der Waals surface area contributed by atoms with Gasteiger partial charge in [0.25, 0.3) is 0 Å². The van der Waals surface area contributed by atoms with E-state index in [1.807, 2.05) is 24.3 Å². The number of benzene rings is 3. The number of hydrogen-bond acceptors (Lipinski definition) is 8. The van der Waals surface area contributed by atoms with Gasteiger partial charge in [-0.1, -0.05) is 60.7 Å². The van der Waals surface area contributed by atoms with Gasteiger partial charge in [0.15, 0.2) is 0 Å². The number of para-hydroxylation sites is 2. The molecule has 2 N–H and O–H groups in total. The summed E-state index contributed by atoms with van der Waals surface area (Å²) in [4.78, 5) is 49.0. The van der Waals surface area contributed by atoms with E-state index in [4.69, 9.17) is 18.9 Å². The van der Waals surface area contributed by atoms with Crippen LogP contribution < -0.4 is 20.1 Å². The van der Waals surface area contributed by atoms with E-state index in [1.165, 1.54) is 12.2 Å². The Labute approximate surface area is 269 Å². The third-order valence-electron chi connectivity index (χ3n) is 5.79. The first-order chi connectivity index (χ1) is 21.7. The molecule has 10 heteroatoms. The molecule has 0 bridgehead atoms. The summed E-state index contributed by atoms with van der Waals surface area (Å²) in [6, 6.07) is 21.1. The molecule has 10 nitrogen and oxygen atoms in total. The van der Waals surface area contributed by atoms with E-state index < -0.39 is 23.5 Å². The van der Waals surface area contributed by atoms with Crippen molar-refractivity contribution in [2.45, 2.75) is 65.8 Å². The largest absolute Gasteiger partial charge is 0.514 e. The Morgan fingerprint density at radius 1 is 0.565 bits per heavy atom. The summed E-state index contributed by atoms with van der Waals surface area (Å²) in [7, 11) is 0. The monoisotopic (exact) mass is 628 g/mol. The molecule has 0 heterocycles. The van der Waals surface area contributed by atoms with Crippen molar-refractivity contribution in [2.24, 2.45) is 0 Å². The second-order valence-electron chi connectivity index (χ2n) is 12.1. The molecular weight excluding hydrogens is 588 g/mol. The van der Waals surface area contributed by atoms with Crippen molar-refractivity contribution in [1.29, 1.82) is 0 Å². The number of ether oxygens (including phenoxy) is 4. The van der Waals surface area contributed by atoms with Gasteiger partial charge >= 0.3 is 12.3 Å². The van der Waals surface area contributed by atoms with Crippen LogP contribution in [0.4, 0.5) is 9.59 Å². The minimum absolute atomic E-state index is 0.274. The predicted octanol–water partition coefficient (Wildman–Crippen LogP) is 6.97. The van der Waals surface area contributed by atoms with Gasteiger partial charge in [-0.25, -0.2) is 9.59 Å². The fourth-order valence-corrected chi connectivity index (χ4v) is 3.75. The topological polar surface area (TPSA) is 129 Å². The van der Waals surface area contributed by atoms with E-state index in [0.717, 1.165) is 11.1 Å². The quantitative estimate of drug-likeness (QED) is 0.140. The van der Waals surface area contributed by atoms with Crippen LogP contribution in [0.3, 0.4) is 0 Å². The second kappa shape index (κ2) is 16.1. The van der Waals surface area contributed by atoms with Crippen molar-refractivity contribution in [3.63, 3.8) is 0 Å². The van der Waals surface area contributed by atoms with Gasteiger partial charge in [-0.15, -0.1) is 0 Å². The number of hydrogen-bond donors (Lipinski definition) is 2. The number of amides is 2. The van der Waals surface area contributed by atoms with Crippen molar-refractivity contribution in [3.05, 3.63) is 107 Å². The van der Waals surface area contributed by atoms with Crippen LogP contribution in [0.25, 0.3) is 12.2 Å². The van der Waals surface area contributed by atoms with E-state index >= 15 is 0 Å². The molecule has 0 aromatic heterocycles. The molecule has 0 saturated carbocycles. The Morgan fingerprint density at radius 3 is 1.26 bits per heavy atom. The maximum absolute atomic E-state index is 12.4. The molecule has 3 rings (SSSR count). The van der Waals surface area contributed by atoms with Gasteiger partial charge in [-0.05, 0) is 77.0 Å². The molecule has 3 aromatic rings. The number of carbonyl (C=O) groups is 4. The molecule has 0 aliphatic heterocycles. The lowest BCUT2D eigenvalue weighted by Crippen LogP contribution is -2.26. The van der Waals surface area contributed by atoms with Crippen LogP contribution in [-0.4, -0.2) is 35.3 Å². The van der Waals surface area contributed by atoms with Crippen LogP contribution in [0.5, 0.6) is 11.5 Å². The first-order valence-corrected chi connectivity index (χ1v) is 14.7. The van der Waals surface area contributed by atoms with Crippen LogP contribution in [0.2, 0.25) is 0 Å². The SMILES string of the molecule is CC(C)(C)OC(=O)Oc1ccccc1/C=C/C(=O)NCc1ccc(CNC(=O)/C=C/c2ccccc2OC(=O)OC(C)(C)C)cc1. The van der Waals surface area contributed by atoms with E-state index in [2.05, 4.69) is 10.6 Å². The fraction of sp³-hybridized carbons (Fsp3) is 0.278. The molecule has 2 amide bonds. The summed E-state index contributed by atoms with van der Waals surface area (Å²) in [6.07, 6.45) is 4.17. The summed E-state index contributed by atoms with van der Waals surface area (Å²) >= 11 is 0. The summed E-state index contributed by atoms with van der Waals surface area (Å²) in [6.45, 7) is 11.0. The maximum atomic E-state index is 12.4. The first kappa shape index (κ1) is 35.1. The van der Waals surface area contributed by atoms with Gasteiger partial charge < -0.3 is 29.6 Å². The molecule has 0 fully saturated rings. The van der Waals surface area contributed by atoms with Crippen molar-refractivity contribution in [2.75, 3.05) is 0 Å². The highest BCUT2D eigenvalue weighted by atomic mass is 16.7. The Kier molecular flexibility index (Phi) is 12.3. The van der Waals surface area contributed by atoms with Gasteiger partial charge in [-0.2, -0.15) is 0 Å². The zero-order chi connectivity index (χ0) is 33.7. The third kappa shape index (κ3) is 13.1. The van der Waals surface area contributed by atoms with E-state index in [0.29, 0.717) is 24.2 Å². The maximum Gasteiger partial charge on any atom is 0.514 e. The summed E-state index contributed by atoms with van der Waals surface area (Å²) in [5.41, 5.74) is 1.44. The molecule has 3 aromatic carbocycles. The van der Waals surface area contributed by atoms with Crippen molar-refractivity contribution in [1.82, 2.24) is 10.6 Å². The average molecular weight is 629 g/mol. The highest BCUT2D eigenvalue weighted by Gasteiger charge is 2.20. The summed E-state index contributed by atoms with van der Waals surface area (Å²) < 4.78 is 21.0. The van der Waals surface area contributed by atoms with E-state index in [9.17, 15) is 19.2 Å². The number of rotatable bonds is 10. The highest BCUT2D eigenvalue weighted by Crippen LogP contribution is 2.22. The predicted molar refractivity (Wildman–Crippen MR) is 175 cm³/mol. The lowest BCUT2D eigenvalue weighted by molar-refractivity contribution is -0.117. The minimum Gasteiger partial charge on any atom is -0.428 e. The van der Waals surface area contributed by atoms with E-state index in [1.54, 1.807) is 102 Å². The van der Waals surface area contributed by atoms with Crippen molar-refractivity contribution < 1.29 is 38.1 Å². The fourth-order valence-electron chi connectivity index (χ4n) is 3.75. The third-order valence-corrected chi connectivity index (χ3v) is 5.79. The molecule has 0 unspecified atom stereocenters. The van der Waals surface area contributed by atoms with Gasteiger partial charge in [0.2, 0.25) is 11.8 Å². The smallest absolute Gasteiger partial charge is 0.428 e. The Balaban J connectivity index is 1.47. The Morgan fingerprint density at radius 2 is 0.913 bits per heavy atom. The Bertz CT molecular complexity index is 1460. The van der Waals surface area contributed by atoms with Crippen LogP contribution in [0.1, 0.15) is 63.8 Å². The molecular formula is C36H40N2O8. The molecule has 242 valence electrons. The van der Waals surface area contributed by atoms with Crippen LogP contribution in [0.15, 0.2) is 84.9 Å². The van der Waals surface area contributed by atoms with Gasteiger partial charge in [0.05, 0.1) is 0 Å². The molecule has 0 aliphatic rings. The Hall–Kier alpha value is -5.38. The van der Waals surface area contributed by atoms with Gasteiger partial charge in [0.1, 0.15) is 22.7 Å². The minimum atomic E-state index is -0.828. The molecule has 0 atom stereocenters. The van der Waals surface area contributed by atoms with Crippen LogP contribution in [-0.2, 0) is 32.2 Å². The second-order valence-corrected chi connectivity index (χ2v) is 12.1. The summed E-state index contributed by atoms with van der Waals surface area (Å²) in [5, 5.41) is 5.63.